The molecule has 2 heteroatoms. The molecule has 54 valence electrons. The lowest BCUT2D eigenvalue weighted by atomic mass is 10.2. The normalized spacial score (nSPS) is 29.0. The third-order valence-electron chi connectivity index (χ3n) is 1.73. The largest absolute Gasteiger partial charge is 0.298 e. The molecule has 1 aliphatic rings. The molecule has 0 saturated carbocycles. The topological polar surface area (TPSA) is 3.24 Å². The summed E-state index contributed by atoms with van der Waals surface area (Å²) in [5.74, 6) is 1.36. The second-order valence-electron chi connectivity index (χ2n) is 2.78. The molecule has 0 N–H and O–H groups in total. The molecule has 1 atom stereocenters. The van der Waals surface area contributed by atoms with Crippen LogP contribution in [0, 0.1) is 0 Å². The van der Waals surface area contributed by atoms with Gasteiger partial charge in [-0.1, -0.05) is 6.42 Å². The molecular formula is C7H15NS. The molecule has 9 heavy (non-hydrogen) atoms. The Morgan fingerprint density at radius 1 is 1.33 bits per heavy atom. The highest BCUT2D eigenvalue weighted by atomic mass is 32.2. The summed E-state index contributed by atoms with van der Waals surface area (Å²) < 4.78 is 0. The molecule has 1 heterocycles. The average molecular weight is 145 g/mol. The number of rotatable bonds is 1. The lowest BCUT2D eigenvalue weighted by molar-refractivity contribution is 0.355. The molecule has 1 fully saturated rings. The molecule has 0 radical (unpaired) electrons. The van der Waals surface area contributed by atoms with Gasteiger partial charge in [0.25, 0.3) is 0 Å². The smallest absolute Gasteiger partial charge is 0.0552 e. The Kier molecular flexibility index (Phi) is 2.86. The Bertz CT molecular complexity index is 77.0. The Labute approximate surface area is 61.8 Å². The summed E-state index contributed by atoms with van der Waals surface area (Å²) >= 11 is 2.10. The van der Waals surface area contributed by atoms with Gasteiger partial charge in [0.1, 0.15) is 0 Å². The number of hydrogen-bond acceptors (Lipinski definition) is 2. The van der Waals surface area contributed by atoms with Gasteiger partial charge in [0.2, 0.25) is 0 Å². The molecule has 1 unspecified atom stereocenters. The predicted octanol–water partition coefficient (Wildman–Crippen LogP) is 1.79. The molecule has 0 aromatic carbocycles. The van der Waals surface area contributed by atoms with E-state index in [0.717, 1.165) is 5.37 Å². The van der Waals surface area contributed by atoms with Crippen molar-refractivity contribution in [3.8, 4) is 0 Å². The van der Waals surface area contributed by atoms with Crippen molar-refractivity contribution in [1.82, 2.24) is 4.90 Å². The highest BCUT2D eigenvalue weighted by molar-refractivity contribution is 7.99. The van der Waals surface area contributed by atoms with E-state index >= 15 is 0 Å². The summed E-state index contributed by atoms with van der Waals surface area (Å²) in [6.07, 6.45) is 4.24. The first-order valence-electron chi connectivity index (χ1n) is 3.59. The van der Waals surface area contributed by atoms with E-state index in [2.05, 4.69) is 30.8 Å². The Morgan fingerprint density at radius 2 is 2.11 bits per heavy atom. The first kappa shape index (κ1) is 7.42. The third-order valence-corrected chi connectivity index (χ3v) is 3.30. The van der Waals surface area contributed by atoms with Crippen molar-refractivity contribution in [2.24, 2.45) is 0 Å². The zero-order chi connectivity index (χ0) is 6.69. The van der Waals surface area contributed by atoms with Crippen molar-refractivity contribution < 1.29 is 0 Å². The van der Waals surface area contributed by atoms with Crippen molar-refractivity contribution in [3.63, 3.8) is 0 Å². The van der Waals surface area contributed by atoms with Crippen LogP contribution in [0.3, 0.4) is 0 Å². The highest BCUT2D eigenvalue weighted by Gasteiger charge is 2.14. The number of thioether (sulfide) groups is 1. The quantitative estimate of drug-likeness (QED) is 0.553. The summed E-state index contributed by atoms with van der Waals surface area (Å²) in [7, 11) is 4.34. The molecule has 1 saturated heterocycles. The van der Waals surface area contributed by atoms with E-state index in [1.54, 1.807) is 0 Å². The summed E-state index contributed by atoms with van der Waals surface area (Å²) in [6, 6.07) is 0. The van der Waals surface area contributed by atoms with Gasteiger partial charge in [-0.05, 0) is 32.7 Å². The average Bonchev–Trinajstić information content (AvgIpc) is 1.90. The zero-order valence-corrected chi connectivity index (χ0v) is 7.08. The fraction of sp³-hybridized carbons (Fsp3) is 1.00. The summed E-state index contributed by atoms with van der Waals surface area (Å²) in [5.41, 5.74) is 0. The first-order valence-corrected chi connectivity index (χ1v) is 4.63. The van der Waals surface area contributed by atoms with Gasteiger partial charge >= 0.3 is 0 Å². The van der Waals surface area contributed by atoms with E-state index in [0.29, 0.717) is 0 Å². The maximum absolute atomic E-state index is 2.32. The van der Waals surface area contributed by atoms with Crippen LogP contribution in [-0.4, -0.2) is 30.1 Å². The van der Waals surface area contributed by atoms with Crippen LogP contribution in [0.15, 0.2) is 0 Å². The van der Waals surface area contributed by atoms with Crippen LogP contribution in [-0.2, 0) is 0 Å². The minimum Gasteiger partial charge on any atom is -0.298 e. The fourth-order valence-electron chi connectivity index (χ4n) is 1.13. The van der Waals surface area contributed by atoms with E-state index in [4.69, 9.17) is 0 Å². The minimum absolute atomic E-state index is 0.804. The van der Waals surface area contributed by atoms with E-state index in [-0.39, 0.29) is 0 Å². The zero-order valence-electron chi connectivity index (χ0n) is 6.26. The Balaban J connectivity index is 2.23. The van der Waals surface area contributed by atoms with Gasteiger partial charge < -0.3 is 0 Å². The minimum atomic E-state index is 0.804. The maximum Gasteiger partial charge on any atom is 0.0552 e. The van der Waals surface area contributed by atoms with Crippen LogP contribution in [0.2, 0.25) is 0 Å². The first-order chi connectivity index (χ1) is 4.30. The van der Waals surface area contributed by atoms with Crippen molar-refractivity contribution in [1.29, 1.82) is 0 Å². The second kappa shape index (κ2) is 3.47. The van der Waals surface area contributed by atoms with E-state index in [1.807, 2.05) is 0 Å². The van der Waals surface area contributed by atoms with Crippen LogP contribution in [0.5, 0.6) is 0 Å². The summed E-state index contributed by atoms with van der Waals surface area (Å²) in [5, 5.41) is 0.804. The fourth-order valence-corrected chi connectivity index (χ4v) is 2.41. The Hall–Kier alpha value is 0.310. The standard InChI is InChI=1S/C7H15NS/c1-8(2)7-5-3-4-6-9-7/h7H,3-6H2,1-2H3. The summed E-state index contributed by atoms with van der Waals surface area (Å²) in [4.78, 5) is 2.32. The highest BCUT2D eigenvalue weighted by Crippen LogP contribution is 2.25. The molecule has 0 aliphatic carbocycles. The molecule has 0 amide bonds. The van der Waals surface area contributed by atoms with Crippen molar-refractivity contribution in [2.45, 2.75) is 24.6 Å². The number of hydrogen-bond donors (Lipinski definition) is 0. The molecule has 1 rings (SSSR count). The molecule has 1 aliphatic heterocycles. The molecule has 0 bridgehead atoms. The maximum atomic E-state index is 2.32. The van der Waals surface area contributed by atoms with Crippen LogP contribution < -0.4 is 0 Å². The van der Waals surface area contributed by atoms with Crippen LogP contribution in [0.25, 0.3) is 0 Å². The van der Waals surface area contributed by atoms with Gasteiger partial charge in [-0.25, -0.2) is 0 Å². The molecule has 0 aromatic heterocycles. The molecule has 0 aromatic rings. The van der Waals surface area contributed by atoms with E-state index < -0.39 is 0 Å². The van der Waals surface area contributed by atoms with E-state index in [9.17, 15) is 0 Å². The monoisotopic (exact) mass is 145 g/mol. The number of nitrogens with zero attached hydrogens (tertiary/aromatic N) is 1. The van der Waals surface area contributed by atoms with Gasteiger partial charge in [0.05, 0.1) is 5.37 Å². The lowest BCUT2D eigenvalue weighted by Gasteiger charge is -2.27. The molecule has 0 spiro atoms. The van der Waals surface area contributed by atoms with Crippen LogP contribution >= 0.6 is 11.8 Å². The van der Waals surface area contributed by atoms with Gasteiger partial charge in [0, 0.05) is 0 Å². The summed E-state index contributed by atoms with van der Waals surface area (Å²) in [6.45, 7) is 0. The molecule has 1 nitrogen and oxygen atoms in total. The van der Waals surface area contributed by atoms with Gasteiger partial charge in [-0.3, -0.25) is 4.90 Å². The van der Waals surface area contributed by atoms with Crippen LogP contribution in [0.1, 0.15) is 19.3 Å². The SMILES string of the molecule is CN(C)C1CCCCS1. The van der Waals surface area contributed by atoms with Gasteiger partial charge in [0.15, 0.2) is 0 Å². The van der Waals surface area contributed by atoms with Crippen molar-refractivity contribution >= 4 is 11.8 Å². The lowest BCUT2D eigenvalue weighted by Crippen LogP contribution is -2.26. The second-order valence-corrected chi connectivity index (χ2v) is 4.07. The van der Waals surface area contributed by atoms with Crippen molar-refractivity contribution in [2.75, 3.05) is 19.8 Å². The Morgan fingerprint density at radius 3 is 2.44 bits per heavy atom. The molecular weight excluding hydrogens is 130 g/mol. The van der Waals surface area contributed by atoms with Gasteiger partial charge in [-0.15, -0.1) is 11.8 Å². The van der Waals surface area contributed by atoms with Gasteiger partial charge in [-0.2, -0.15) is 0 Å². The van der Waals surface area contributed by atoms with Crippen molar-refractivity contribution in [3.05, 3.63) is 0 Å². The van der Waals surface area contributed by atoms with Crippen LogP contribution in [0.4, 0.5) is 0 Å². The van der Waals surface area contributed by atoms with E-state index in [1.165, 1.54) is 25.0 Å². The predicted molar refractivity (Wildman–Crippen MR) is 43.8 cm³/mol. The third kappa shape index (κ3) is 2.18.